The van der Waals surface area contributed by atoms with Gasteiger partial charge in [0, 0.05) is 31.2 Å². The topological polar surface area (TPSA) is 45.6 Å². The lowest BCUT2D eigenvalue weighted by Gasteiger charge is -2.31. The van der Waals surface area contributed by atoms with Crippen molar-refractivity contribution in [3.63, 3.8) is 0 Å². The molecule has 2 amide bonds. The molecule has 134 valence electrons. The van der Waals surface area contributed by atoms with Gasteiger partial charge in [-0.05, 0) is 68.0 Å². The van der Waals surface area contributed by atoms with Gasteiger partial charge in [-0.3, -0.25) is 19.4 Å². The summed E-state index contributed by atoms with van der Waals surface area (Å²) < 4.78 is 15.1. The molecule has 0 saturated carbocycles. The van der Waals surface area contributed by atoms with Crippen molar-refractivity contribution in [3.05, 3.63) is 58.7 Å². The highest BCUT2D eigenvalue weighted by atomic mass is 32.1. The average molecular weight is 371 g/mol. The van der Waals surface area contributed by atoms with Gasteiger partial charge in [-0.15, -0.1) is 0 Å². The van der Waals surface area contributed by atoms with Gasteiger partial charge in [0.15, 0.2) is 5.11 Å². The van der Waals surface area contributed by atoms with Gasteiger partial charge in [0.1, 0.15) is 11.4 Å². The summed E-state index contributed by atoms with van der Waals surface area (Å²) in [6.07, 6.45) is 1.59. The van der Waals surface area contributed by atoms with Crippen LogP contribution in [0.1, 0.15) is 17.0 Å². The molecule has 0 bridgehead atoms. The highest BCUT2D eigenvalue weighted by Crippen LogP contribution is 2.25. The molecule has 2 aromatic rings. The third-order valence-electron chi connectivity index (χ3n) is 4.50. The third-order valence-corrected chi connectivity index (χ3v) is 5.05. The van der Waals surface area contributed by atoms with Crippen LogP contribution in [0.2, 0.25) is 0 Å². The van der Waals surface area contributed by atoms with E-state index in [1.54, 1.807) is 32.3 Å². The van der Waals surface area contributed by atoms with E-state index in [4.69, 9.17) is 12.2 Å². The predicted molar refractivity (Wildman–Crippen MR) is 101 cm³/mol. The predicted octanol–water partition coefficient (Wildman–Crippen LogP) is 2.83. The number of aryl methyl sites for hydroxylation is 1. The summed E-state index contributed by atoms with van der Waals surface area (Å²) >= 11 is 5.10. The normalized spacial score (nSPS) is 15.1. The minimum Gasteiger partial charge on any atom is -0.318 e. The Kier molecular flexibility index (Phi) is 4.50. The fourth-order valence-electron chi connectivity index (χ4n) is 3.05. The molecular formula is C19H18FN3O2S. The Balaban J connectivity index is 2.08. The van der Waals surface area contributed by atoms with Crippen LogP contribution in [0.25, 0.3) is 11.8 Å². The van der Waals surface area contributed by atoms with E-state index in [2.05, 4.69) is 0 Å². The maximum atomic E-state index is 13.2. The zero-order valence-electron chi connectivity index (χ0n) is 14.9. The van der Waals surface area contributed by atoms with Crippen molar-refractivity contribution in [1.29, 1.82) is 0 Å². The van der Waals surface area contributed by atoms with E-state index in [0.29, 0.717) is 0 Å². The second kappa shape index (κ2) is 6.49. The Hall–Kier alpha value is -2.80. The lowest BCUT2D eigenvalue weighted by atomic mass is 10.1. The number of hydrogen-bond donors (Lipinski definition) is 0. The van der Waals surface area contributed by atoms with Crippen LogP contribution in [0.5, 0.6) is 0 Å². The lowest BCUT2D eigenvalue weighted by molar-refractivity contribution is -0.132. The van der Waals surface area contributed by atoms with Crippen molar-refractivity contribution < 1.29 is 14.0 Å². The number of nitrogens with zero attached hydrogens (tertiary/aromatic N) is 3. The Morgan fingerprint density at radius 1 is 1.00 bits per heavy atom. The molecule has 1 aliphatic rings. The second-order valence-electron chi connectivity index (χ2n) is 6.21. The number of thiocarbonyl (C=S) groups is 1. The van der Waals surface area contributed by atoms with Crippen LogP contribution in [-0.2, 0) is 9.59 Å². The van der Waals surface area contributed by atoms with E-state index in [9.17, 15) is 14.0 Å². The van der Waals surface area contributed by atoms with Gasteiger partial charge >= 0.3 is 0 Å². The van der Waals surface area contributed by atoms with Crippen LogP contribution >= 0.6 is 12.2 Å². The number of carbonyl (C=O) groups excluding carboxylic acids is 2. The van der Waals surface area contributed by atoms with Crippen LogP contribution < -0.4 is 0 Å². The van der Waals surface area contributed by atoms with Crippen molar-refractivity contribution in [2.45, 2.75) is 13.8 Å². The zero-order valence-corrected chi connectivity index (χ0v) is 15.7. The summed E-state index contributed by atoms with van der Waals surface area (Å²) in [4.78, 5) is 27.5. The van der Waals surface area contributed by atoms with Crippen molar-refractivity contribution in [2.75, 3.05) is 14.1 Å². The van der Waals surface area contributed by atoms with Crippen molar-refractivity contribution >= 4 is 35.2 Å². The smallest absolute Gasteiger partial charge is 0.265 e. The van der Waals surface area contributed by atoms with Gasteiger partial charge in [-0.25, -0.2) is 4.39 Å². The van der Waals surface area contributed by atoms with Gasteiger partial charge in [0.25, 0.3) is 11.8 Å². The molecule has 1 aromatic heterocycles. The maximum absolute atomic E-state index is 13.2. The standard InChI is InChI=1S/C19H18FN3O2S/c1-11-9-13(12(2)23(11)15-7-5-14(20)6-8-15)10-16-17(24)21(3)19(26)22(4)18(16)25/h5-10H,1-4H3. The lowest BCUT2D eigenvalue weighted by Crippen LogP contribution is -2.52. The summed E-state index contributed by atoms with van der Waals surface area (Å²) in [5, 5.41) is 0.175. The van der Waals surface area contributed by atoms with Crippen LogP contribution in [0, 0.1) is 19.7 Å². The van der Waals surface area contributed by atoms with E-state index in [0.717, 1.165) is 22.6 Å². The maximum Gasteiger partial charge on any atom is 0.265 e. The first kappa shape index (κ1) is 18.0. The number of rotatable bonds is 2. The average Bonchev–Trinajstić information content (AvgIpc) is 2.90. The van der Waals surface area contributed by atoms with Crippen molar-refractivity contribution in [3.8, 4) is 5.69 Å². The molecule has 0 radical (unpaired) electrons. The molecule has 0 N–H and O–H groups in total. The first-order valence-electron chi connectivity index (χ1n) is 7.99. The molecule has 26 heavy (non-hydrogen) atoms. The monoisotopic (exact) mass is 371 g/mol. The summed E-state index contributed by atoms with van der Waals surface area (Å²) in [6.45, 7) is 3.80. The number of likely N-dealkylation sites (N-methyl/N-ethyl adjacent to an activating group) is 2. The number of halogens is 1. The van der Waals surface area contributed by atoms with E-state index in [1.165, 1.54) is 21.9 Å². The van der Waals surface area contributed by atoms with E-state index < -0.39 is 11.8 Å². The number of benzene rings is 1. The summed E-state index contributed by atoms with van der Waals surface area (Å²) in [5.41, 5.74) is 3.37. The van der Waals surface area contributed by atoms with Crippen LogP contribution in [0.15, 0.2) is 35.9 Å². The second-order valence-corrected chi connectivity index (χ2v) is 6.57. The zero-order chi connectivity index (χ0) is 19.2. The summed E-state index contributed by atoms with van der Waals surface area (Å²) in [5.74, 6) is -1.16. The highest BCUT2D eigenvalue weighted by molar-refractivity contribution is 7.80. The highest BCUT2D eigenvalue weighted by Gasteiger charge is 2.35. The van der Waals surface area contributed by atoms with E-state index in [-0.39, 0.29) is 16.5 Å². The molecule has 0 spiro atoms. The molecular weight excluding hydrogens is 353 g/mol. The molecule has 0 aliphatic carbocycles. The molecule has 0 unspecified atom stereocenters. The molecule has 1 aliphatic heterocycles. The Bertz CT molecular complexity index is 934. The van der Waals surface area contributed by atoms with Crippen molar-refractivity contribution in [1.82, 2.24) is 14.4 Å². The Morgan fingerprint density at radius 3 is 2.08 bits per heavy atom. The van der Waals surface area contributed by atoms with Gasteiger partial charge in [0.05, 0.1) is 0 Å². The summed E-state index contributed by atoms with van der Waals surface area (Å²) in [6, 6.07) is 8.04. The molecule has 1 aromatic carbocycles. The van der Waals surface area contributed by atoms with Crippen LogP contribution in [0.3, 0.4) is 0 Å². The molecule has 1 saturated heterocycles. The largest absolute Gasteiger partial charge is 0.318 e. The Morgan fingerprint density at radius 2 is 1.54 bits per heavy atom. The van der Waals surface area contributed by atoms with E-state index >= 15 is 0 Å². The van der Waals surface area contributed by atoms with Gasteiger partial charge in [-0.1, -0.05) is 0 Å². The number of carbonyl (C=O) groups is 2. The first-order chi connectivity index (χ1) is 12.2. The van der Waals surface area contributed by atoms with Gasteiger partial charge in [-0.2, -0.15) is 0 Å². The van der Waals surface area contributed by atoms with Gasteiger partial charge in [0.2, 0.25) is 0 Å². The fourth-order valence-corrected chi connectivity index (χ4v) is 3.22. The molecule has 2 heterocycles. The number of amides is 2. The fraction of sp³-hybridized carbons (Fsp3) is 0.211. The summed E-state index contributed by atoms with van der Waals surface area (Å²) in [7, 11) is 3.09. The molecule has 3 rings (SSSR count). The SMILES string of the molecule is Cc1cc(C=C2C(=O)N(C)C(=S)N(C)C2=O)c(C)n1-c1ccc(F)cc1. The van der Waals surface area contributed by atoms with Gasteiger partial charge < -0.3 is 4.57 Å². The van der Waals surface area contributed by atoms with Crippen LogP contribution in [-0.4, -0.2) is 45.4 Å². The minimum absolute atomic E-state index is 0.0583. The van der Waals surface area contributed by atoms with E-state index in [1.807, 2.05) is 24.5 Å². The minimum atomic E-state index is -0.426. The number of hydrogen-bond acceptors (Lipinski definition) is 3. The van der Waals surface area contributed by atoms with Crippen LogP contribution in [0.4, 0.5) is 4.39 Å². The molecule has 0 atom stereocenters. The third kappa shape index (κ3) is 2.84. The first-order valence-corrected chi connectivity index (χ1v) is 8.40. The number of aromatic nitrogens is 1. The molecule has 7 heteroatoms. The molecule has 5 nitrogen and oxygen atoms in total. The Labute approximate surface area is 156 Å². The quantitative estimate of drug-likeness (QED) is 0.463. The van der Waals surface area contributed by atoms with Crippen molar-refractivity contribution in [2.24, 2.45) is 0 Å². The molecule has 1 fully saturated rings.